The summed E-state index contributed by atoms with van der Waals surface area (Å²) >= 11 is 1.66. The third-order valence-corrected chi connectivity index (χ3v) is 3.92. The first-order chi connectivity index (χ1) is 8.56. The van der Waals surface area contributed by atoms with Crippen molar-refractivity contribution >= 4 is 23.8 Å². The number of urea groups is 1. The number of carboxylic acids is 1. The minimum atomic E-state index is -0.899. The van der Waals surface area contributed by atoms with Gasteiger partial charge in [0, 0.05) is 18.3 Å². The largest absolute Gasteiger partial charge is 0.480 e. The first-order valence-electron chi connectivity index (χ1n) is 6.35. The number of carbonyl (C=O) groups is 2. The Kier molecular flexibility index (Phi) is 6.32. The molecule has 2 atom stereocenters. The number of carboxylic acid groups (broad SMARTS) is 1. The van der Waals surface area contributed by atoms with E-state index in [2.05, 4.69) is 5.32 Å². The van der Waals surface area contributed by atoms with Crippen LogP contribution in [-0.2, 0) is 4.79 Å². The molecule has 2 N–H and O–H groups in total. The van der Waals surface area contributed by atoms with Crippen LogP contribution in [-0.4, -0.2) is 52.6 Å². The van der Waals surface area contributed by atoms with Gasteiger partial charge in [-0.2, -0.15) is 11.8 Å². The summed E-state index contributed by atoms with van der Waals surface area (Å²) in [6, 6.07) is -0.856. The van der Waals surface area contributed by atoms with E-state index < -0.39 is 12.0 Å². The molecular formula is C12H22N2O3S. The van der Waals surface area contributed by atoms with Gasteiger partial charge in [-0.15, -0.1) is 0 Å². The van der Waals surface area contributed by atoms with Crippen molar-refractivity contribution in [1.82, 2.24) is 10.2 Å². The second-order valence-electron chi connectivity index (χ2n) is 4.70. The monoisotopic (exact) mass is 274 g/mol. The lowest BCUT2D eigenvalue weighted by Crippen LogP contribution is -2.51. The molecule has 1 aliphatic heterocycles. The lowest BCUT2D eigenvalue weighted by Gasteiger charge is -2.28. The highest BCUT2D eigenvalue weighted by molar-refractivity contribution is 7.98. The molecule has 1 aliphatic rings. The standard InChI is InChI=1S/C12H22N2O3S/c1-9(8-18-2)13-12(17)14-7-5-3-4-6-10(14)11(15)16/h9-10H,3-8H2,1-2H3,(H,13,17)(H,15,16). The van der Waals surface area contributed by atoms with Crippen molar-refractivity contribution < 1.29 is 14.7 Å². The van der Waals surface area contributed by atoms with Crippen LogP contribution in [0.25, 0.3) is 0 Å². The molecule has 104 valence electrons. The van der Waals surface area contributed by atoms with Gasteiger partial charge in [-0.05, 0) is 26.0 Å². The van der Waals surface area contributed by atoms with E-state index in [0.717, 1.165) is 25.0 Å². The molecule has 1 rings (SSSR count). The predicted molar refractivity (Wildman–Crippen MR) is 73.0 cm³/mol. The number of likely N-dealkylation sites (tertiary alicyclic amines) is 1. The number of aliphatic carboxylic acids is 1. The second-order valence-corrected chi connectivity index (χ2v) is 5.61. The summed E-state index contributed by atoms with van der Waals surface area (Å²) in [5.41, 5.74) is 0. The van der Waals surface area contributed by atoms with E-state index in [1.54, 1.807) is 11.8 Å². The summed E-state index contributed by atoms with van der Waals surface area (Å²) in [6.45, 7) is 2.47. The Labute approximate surface area is 112 Å². The summed E-state index contributed by atoms with van der Waals surface area (Å²) in [5.74, 6) is -0.0679. The zero-order valence-electron chi connectivity index (χ0n) is 11.0. The molecule has 0 aromatic rings. The van der Waals surface area contributed by atoms with Gasteiger partial charge in [-0.25, -0.2) is 9.59 Å². The minimum absolute atomic E-state index is 0.0604. The predicted octanol–water partition coefficient (Wildman–Crippen LogP) is 1.78. The van der Waals surface area contributed by atoms with Crippen molar-refractivity contribution in [3.05, 3.63) is 0 Å². The van der Waals surface area contributed by atoms with Crippen LogP contribution in [0.1, 0.15) is 32.6 Å². The second kappa shape index (κ2) is 7.51. The summed E-state index contributed by atoms with van der Waals surface area (Å²) in [7, 11) is 0. The molecule has 0 spiro atoms. The van der Waals surface area contributed by atoms with Gasteiger partial charge in [0.2, 0.25) is 0 Å². The number of nitrogens with zero attached hydrogens (tertiary/aromatic N) is 1. The van der Waals surface area contributed by atoms with Gasteiger partial charge >= 0.3 is 12.0 Å². The van der Waals surface area contributed by atoms with E-state index in [-0.39, 0.29) is 12.1 Å². The van der Waals surface area contributed by atoms with Gasteiger partial charge in [-0.1, -0.05) is 12.8 Å². The number of carbonyl (C=O) groups excluding carboxylic acids is 1. The molecule has 2 amide bonds. The van der Waals surface area contributed by atoms with Crippen molar-refractivity contribution in [3.63, 3.8) is 0 Å². The van der Waals surface area contributed by atoms with Crippen LogP contribution in [0.4, 0.5) is 4.79 Å². The maximum atomic E-state index is 12.1. The fraction of sp³-hybridized carbons (Fsp3) is 0.833. The van der Waals surface area contributed by atoms with Crippen molar-refractivity contribution in [2.75, 3.05) is 18.6 Å². The Morgan fingerprint density at radius 2 is 2.17 bits per heavy atom. The zero-order valence-corrected chi connectivity index (χ0v) is 11.8. The van der Waals surface area contributed by atoms with Gasteiger partial charge in [-0.3, -0.25) is 0 Å². The fourth-order valence-electron chi connectivity index (χ4n) is 2.19. The smallest absolute Gasteiger partial charge is 0.326 e. The molecule has 1 fully saturated rings. The Balaban J connectivity index is 2.63. The Morgan fingerprint density at radius 3 is 2.78 bits per heavy atom. The molecule has 18 heavy (non-hydrogen) atoms. The Hall–Kier alpha value is -0.910. The number of nitrogens with one attached hydrogen (secondary N) is 1. The molecule has 0 saturated carbocycles. The molecule has 0 aliphatic carbocycles. The average Bonchev–Trinajstić information content (AvgIpc) is 2.54. The third-order valence-electron chi connectivity index (χ3n) is 3.09. The maximum Gasteiger partial charge on any atom is 0.326 e. The van der Waals surface area contributed by atoms with Crippen LogP contribution >= 0.6 is 11.8 Å². The number of rotatable bonds is 4. The van der Waals surface area contributed by atoms with Crippen molar-refractivity contribution in [3.8, 4) is 0 Å². The molecule has 2 unspecified atom stereocenters. The van der Waals surface area contributed by atoms with Crippen molar-refractivity contribution in [1.29, 1.82) is 0 Å². The van der Waals surface area contributed by atoms with E-state index in [0.29, 0.717) is 13.0 Å². The molecule has 1 heterocycles. The molecule has 6 heteroatoms. The molecule has 0 radical (unpaired) electrons. The molecule has 1 saturated heterocycles. The molecule has 0 aromatic heterocycles. The summed E-state index contributed by atoms with van der Waals surface area (Å²) in [5, 5.41) is 12.1. The van der Waals surface area contributed by atoms with Crippen LogP contribution in [0.15, 0.2) is 0 Å². The normalized spacial score (nSPS) is 22.1. The number of hydrogen-bond acceptors (Lipinski definition) is 3. The molecule has 0 aromatic carbocycles. The first-order valence-corrected chi connectivity index (χ1v) is 7.74. The number of hydrogen-bond donors (Lipinski definition) is 2. The fourth-order valence-corrected chi connectivity index (χ4v) is 2.78. The highest BCUT2D eigenvalue weighted by atomic mass is 32.2. The van der Waals surface area contributed by atoms with E-state index in [4.69, 9.17) is 0 Å². The zero-order chi connectivity index (χ0) is 13.5. The minimum Gasteiger partial charge on any atom is -0.480 e. The molecular weight excluding hydrogens is 252 g/mol. The van der Waals surface area contributed by atoms with Crippen LogP contribution in [0.3, 0.4) is 0 Å². The van der Waals surface area contributed by atoms with Crippen molar-refractivity contribution in [2.24, 2.45) is 0 Å². The quantitative estimate of drug-likeness (QED) is 0.820. The van der Waals surface area contributed by atoms with Gasteiger partial charge in [0.1, 0.15) is 6.04 Å². The highest BCUT2D eigenvalue weighted by Gasteiger charge is 2.31. The lowest BCUT2D eigenvalue weighted by molar-refractivity contribution is -0.142. The maximum absolute atomic E-state index is 12.1. The van der Waals surface area contributed by atoms with Crippen LogP contribution in [0.5, 0.6) is 0 Å². The summed E-state index contributed by atoms with van der Waals surface area (Å²) in [6.07, 6.45) is 5.29. The topological polar surface area (TPSA) is 69.6 Å². The Morgan fingerprint density at radius 1 is 1.44 bits per heavy atom. The summed E-state index contributed by atoms with van der Waals surface area (Å²) < 4.78 is 0. The number of amides is 2. The SMILES string of the molecule is CSCC(C)NC(=O)N1CCCCCC1C(=O)O. The summed E-state index contributed by atoms with van der Waals surface area (Å²) in [4.78, 5) is 24.8. The van der Waals surface area contributed by atoms with Crippen molar-refractivity contribution in [2.45, 2.75) is 44.7 Å². The molecule has 0 bridgehead atoms. The Bertz CT molecular complexity index is 299. The van der Waals surface area contributed by atoms with Gasteiger partial charge in [0.15, 0.2) is 0 Å². The van der Waals surface area contributed by atoms with Gasteiger partial charge in [0.05, 0.1) is 0 Å². The van der Waals surface area contributed by atoms with Gasteiger partial charge in [0.25, 0.3) is 0 Å². The number of thioether (sulfide) groups is 1. The van der Waals surface area contributed by atoms with Crippen LogP contribution in [0, 0.1) is 0 Å². The van der Waals surface area contributed by atoms with Gasteiger partial charge < -0.3 is 15.3 Å². The third kappa shape index (κ3) is 4.40. The first kappa shape index (κ1) is 15.1. The van der Waals surface area contributed by atoms with Crippen LogP contribution in [0.2, 0.25) is 0 Å². The van der Waals surface area contributed by atoms with E-state index in [1.807, 2.05) is 13.2 Å². The van der Waals surface area contributed by atoms with E-state index in [1.165, 1.54) is 4.90 Å². The average molecular weight is 274 g/mol. The van der Waals surface area contributed by atoms with E-state index >= 15 is 0 Å². The lowest BCUT2D eigenvalue weighted by atomic mass is 10.1. The molecule has 5 nitrogen and oxygen atoms in total. The van der Waals surface area contributed by atoms with E-state index in [9.17, 15) is 14.7 Å². The van der Waals surface area contributed by atoms with Crippen LogP contribution < -0.4 is 5.32 Å². The highest BCUT2D eigenvalue weighted by Crippen LogP contribution is 2.17.